The van der Waals surface area contributed by atoms with Crippen LogP contribution in [0.3, 0.4) is 0 Å². The molecule has 1 N–H and O–H groups in total. The average Bonchev–Trinajstić information content (AvgIpc) is 2.63. The molecular weight excluding hydrogens is 232 g/mol. The van der Waals surface area contributed by atoms with E-state index in [-0.39, 0.29) is 0 Å². The van der Waals surface area contributed by atoms with Crippen LogP contribution in [0.15, 0.2) is 30.3 Å². The van der Waals surface area contributed by atoms with Gasteiger partial charge in [0.1, 0.15) is 0 Å². The lowest BCUT2D eigenvalue weighted by Crippen LogP contribution is -2.37. The number of hydrogen-bond donors (Lipinski definition) is 1. The maximum Gasteiger partial charge on any atom is 0.00821 e. The van der Waals surface area contributed by atoms with Crippen molar-refractivity contribution in [2.75, 3.05) is 20.1 Å². The van der Waals surface area contributed by atoms with Crippen molar-refractivity contribution in [3.63, 3.8) is 0 Å². The number of nitrogens with zero attached hydrogens (tertiary/aromatic N) is 1. The smallest absolute Gasteiger partial charge is 0.00821 e. The fourth-order valence-corrected chi connectivity index (χ4v) is 2.92. The summed E-state index contributed by atoms with van der Waals surface area (Å²) < 4.78 is 0. The maximum atomic E-state index is 3.82. The van der Waals surface area contributed by atoms with Crippen LogP contribution in [-0.2, 0) is 6.42 Å². The molecular formula is C17H28N2. The molecule has 1 heterocycles. The molecule has 0 spiro atoms. The lowest BCUT2D eigenvalue weighted by atomic mass is 10.0. The summed E-state index contributed by atoms with van der Waals surface area (Å²) in [7, 11) is 2.24. The van der Waals surface area contributed by atoms with Crippen LogP contribution in [-0.4, -0.2) is 37.1 Å². The van der Waals surface area contributed by atoms with Gasteiger partial charge in [-0.05, 0) is 64.7 Å². The summed E-state index contributed by atoms with van der Waals surface area (Å²) in [5.74, 6) is 0. The standard InChI is InChI=1S/C17H28N2/c1-15(10-11-16-7-4-3-5-8-16)18-17-9-6-13-19(2)14-12-17/h3-5,7-8,15,17-18H,6,9-14H2,1-2H3. The van der Waals surface area contributed by atoms with Gasteiger partial charge < -0.3 is 10.2 Å². The van der Waals surface area contributed by atoms with Gasteiger partial charge in [0.2, 0.25) is 0 Å². The summed E-state index contributed by atoms with van der Waals surface area (Å²) in [5, 5.41) is 3.82. The monoisotopic (exact) mass is 260 g/mol. The summed E-state index contributed by atoms with van der Waals surface area (Å²) in [4.78, 5) is 2.45. The third kappa shape index (κ3) is 5.33. The van der Waals surface area contributed by atoms with E-state index in [1.54, 1.807) is 0 Å². The van der Waals surface area contributed by atoms with Crippen molar-refractivity contribution in [1.29, 1.82) is 0 Å². The molecule has 0 bridgehead atoms. The van der Waals surface area contributed by atoms with Crippen molar-refractivity contribution < 1.29 is 0 Å². The molecule has 2 heteroatoms. The first-order valence-electron chi connectivity index (χ1n) is 7.72. The van der Waals surface area contributed by atoms with Gasteiger partial charge in [-0.1, -0.05) is 30.3 Å². The van der Waals surface area contributed by atoms with Gasteiger partial charge in [-0.3, -0.25) is 0 Å². The molecule has 0 aliphatic carbocycles. The van der Waals surface area contributed by atoms with E-state index in [0.717, 1.165) is 6.04 Å². The first kappa shape index (κ1) is 14.5. The number of likely N-dealkylation sites (tertiary alicyclic amines) is 1. The SMILES string of the molecule is CC(CCc1ccccc1)NC1CCCN(C)CC1. The van der Waals surface area contributed by atoms with Crippen molar-refractivity contribution in [3.8, 4) is 0 Å². The molecule has 2 nitrogen and oxygen atoms in total. The highest BCUT2D eigenvalue weighted by Crippen LogP contribution is 2.12. The lowest BCUT2D eigenvalue weighted by molar-refractivity contribution is 0.338. The van der Waals surface area contributed by atoms with Crippen LogP contribution in [0.2, 0.25) is 0 Å². The normalized spacial score (nSPS) is 22.9. The molecule has 1 aromatic rings. The second-order valence-corrected chi connectivity index (χ2v) is 6.02. The molecule has 0 radical (unpaired) electrons. The second-order valence-electron chi connectivity index (χ2n) is 6.02. The first-order valence-corrected chi connectivity index (χ1v) is 7.72. The summed E-state index contributed by atoms with van der Waals surface area (Å²) >= 11 is 0. The Kier molecular flexibility index (Phi) is 5.87. The second kappa shape index (κ2) is 7.66. The van der Waals surface area contributed by atoms with Crippen molar-refractivity contribution in [2.45, 2.75) is 51.1 Å². The molecule has 1 aromatic carbocycles. The van der Waals surface area contributed by atoms with Gasteiger partial charge in [-0.15, -0.1) is 0 Å². The molecule has 2 unspecified atom stereocenters. The average molecular weight is 260 g/mol. The number of benzene rings is 1. The van der Waals surface area contributed by atoms with Crippen LogP contribution in [0.5, 0.6) is 0 Å². The van der Waals surface area contributed by atoms with Crippen LogP contribution in [0.4, 0.5) is 0 Å². The Bertz CT molecular complexity index is 350. The van der Waals surface area contributed by atoms with Crippen molar-refractivity contribution in [2.24, 2.45) is 0 Å². The number of nitrogens with one attached hydrogen (secondary N) is 1. The molecule has 1 aliphatic heterocycles. The van der Waals surface area contributed by atoms with E-state index >= 15 is 0 Å². The number of aryl methyl sites for hydroxylation is 1. The van der Waals surface area contributed by atoms with E-state index in [2.05, 4.69) is 54.5 Å². The van der Waals surface area contributed by atoms with Crippen molar-refractivity contribution >= 4 is 0 Å². The van der Waals surface area contributed by atoms with Crippen molar-refractivity contribution in [3.05, 3.63) is 35.9 Å². The topological polar surface area (TPSA) is 15.3 Å². The molecule has 1 aliphatic rings. The predicted octanol–water partition coefficient (Wildman–Crippen LogP) is 3.08. The summed E-state index contributed by atoms with van der Waals surface area (Å²) in [6.07, 6.45) is 6.38. The van der Waals surface area contributed by atoms with Gasteiger partial charge in [-0.25, -0.2) is 0 Å². The van der Waals surface area contributed by atoms with E-state index in [9.17, 15) is 0 Å². The summed E-state index contributed by atoms with van der Waals surface area (Å²) in [6.45, 7) is 4.83. The number of rotatable bonds is 5. The fourth-order valence-electron chi connectivity index (χ4n) is 2.92. The number of hydrogen-bond acceptors (Lipinski definition) is 2. The summed E-state index contributed by atoms with van der Waals surface area (Å²) in [5.41, 5.74) is 1.46. The quantitative estimate of drug-likeness (QED) is 0.875. The molecule has 2 atom stereocenters. The predicted molar refractivity (Wildman–Crippen MR) is 82.5 cm³/mol. The van der Waals surface area contributed by atoms with Crippen LogP contribution in [0, 0.1) is 0 Å². The van der Waals surface area contributed by atoms with Crippen molar-refractivity contribution in [1.82, 2.24) is 10.2 Å². The zero-order valence-corrected chi connectivity index (χ0v) is 12.4. The third-order valence-electron chi connectivity index (χ3n) is 4.18. The molecule has 0 saturated carbocycles. The van der Waals surface area contributed by atoms with Crippen LogP contribution in [0.1, 0.15) is 38.2 Å². The highest BCUT2D eigenvalue weighted by atomic mass is 15.1. The zero-order chi connectivity index (χ0) is 13.5. The molecule has 0 aromatic heterocycles. The largest absolute Gasteiger partial charge is 0.311 e. The maximum absolute atomic E-state index is 3.82. The van der Waals surface area contributed by atoms with Gasteiger partial charge in [0.15, 0.2) is 0 Å². The highest BCUT2D eigenvalue weighted by Gasteiger charge is 2.16. The van der Waals surface area contributed by atoms with E-state index in [1.807, 2.05) is 0 Å². The minimum Gasteiger partial charge on any atom is -0.311 e. The van der Waals surface area contributed by atoms with Gasteiger partial charge in [-0.2, -0.15) is 0 Å². The van der Waals surface area contributed by atoms with Gasteiger partial charge in [0.05, 0.1) is 0 Å². The minimum absolute atomic E-state index is 0.619. The summed E-state index contributed by atoms with van der Waals surface area (Å²) in [6, 6.07) is 12.2. The van der Waals surface area contributed by atoms with Crippen LogP contribution < -0.4 is 5.32 Å². The van der Waals surface area contributed by atoms with Gasteiger partial charge in [0, 0.05) is 12.1 Å². The lowest BCUT2D eigenvalue weighted by Gasteiger charge is -2.22. The molecule has 106 valence electrons. The van der Waals surface area contributed by atoms with Crippen LogP contribution >= 0.6 is 0 Å². The first-order chi connectivity index (χ1) is 9.24. The van der Waals surface area contributed by atoms with E-state index < -0.39 is 0 Å². The van der Waals surface area contributed by atoms with Gasteiger partial charge >= 0.3 is 0 Å². The molecule has 2 rings (SSSR count). The van der Waals surface area contributed by atoms with Gasteiger partial charge in [0.25, 0.3) is 0 Å². The Morgan fingerprint density at radius 2 is 2.00 bits per heavy atom. The molecule has 0 amide bonds. The zero-order valence-electron chi connectivity index (χ0n) is 12.4. The Morgan fingerprint density at radius 1 is 1.21 bits per heavy atom. The molecule has 1 fully saturated rings. The third-order valence-corrected chi connectivity index (χ3v) is 4.18. The Morgan fingerprint density at radius 3 is 2.79 bits per heavy atom. The van der Waals surface area contributed by atoms with E-state index in [0.29, 0.717) is 6.04 Å². The van der Waals surface area contributed by atoms with E-state index in [4.69, 9.17) is 0 Å². The molecule has 19 heavy (non-hydrogen) atoms. The Hall–Kier alpha value is -0.860. The minimum atomic E-state index is 0.619. The molecule has 1 saturated heterocycles. The Balaban J connectivity index is 1.70. The van der Waals surface area contributed by atoms with E-state index in [1.165, 1.54) is 50.8 Å². The fraction of sp³-hybridized carbons (Fsp3) is 0.647. The highest BCUT2D eigenvalue weighted by molar-refractivity contribution is 5.14. The van der Waals surface area contributed by atoms with Crippen LogP contribution in [0.25, 0.3) is 0 Å². The Labute approximate surface area is 118 Å².